The Morgan fingerprint density at radius 1 is 1.33 bits per heavy atom. The highest BCUT2D eigenvalue weighted by atomic mass is 32.2. The number of carbonyl (C=O) groups is 1. The summed E-state index contributed by atoms with van der Waals surface area (Å²) in [5.41, 5.74) is 4.01. The summed E-state index contributed by atoms with van der Waals surface area (Å²) in [6, 6.07) is 6.00. The fourth-order valence-corrected chi connectivity index (χ4v) is 3.37. The van der Waals surface area contributed by atoms with Gasteiger partial charge in [0.05, 0.1) is 5.75 Å². The molecule has 94 valence electrons. The average Bonchev–Trinajstić information content (AvgIpc) is 2.75. The number of rotatable bonds is 4. The van der Waals surface area contributed by atoms with Crippen molar-refractivity contribution in [3.05, 3.63) is 46.0 Å². The first-order chi connectivity index (χ1) is 8.56. The van der Waals surface area contributed by atoms with Crippen molar-refractivity contribution in [1.82, 2.24) is 4.98 Å². The Hall–Kier alpha value is -1.13. The Balaban J connectivity index is 2.05. The second-order valence-corrected chi connectivity index (χ2v) is 6.37. The van der Waals surface area contributed by atoms with Crippen molar-refractivity contribution in [2.24, 2.45) is 0 Å². The highest BCUT2D eigenvalue weighted by Crippen LogP contribution is 2.24. The number of hydrogen-bond acceptors (Lipinski definition) is 4. The van der Waals surface area contributed by atoms with Gasteiger partial charge in [0.15, 0.2) is 10.1 Å². The third kappa shape index (κ3) is 3.21. The molecule has 18 heavy (non-hydrogen) atoms. The van der Waals surface area contributed by atoms with E-state index in [0.717, 1.165) is 26.7 Å². The minimum Gasteiger partial charge on any atom is -0.293 e. The molecular formula is C14H15NOS2. The summed E-state index contributed by atoms with van der Waals surface area (Å²) >= 11 is 3.11. The molecule has 0 aliphatic heterocycles. The molecule has 0 aliphatic carbocycles. The lowest BCUT2D eigenvalue weighted by Crippen LogP contribution is -2.05. The molecule has 0 saturated heterocycles. The van der Waals surface area contributed by atoms with Crippen molar-refractivity contribution in [2.75, 3.05) is 5.75 Å². The van der Waals surface area contributed by atoms with Gasteiger partial charge >= 0.3 is 0 Å². The highest BCUT2D eigenvalue weighted by Gasteiger charge is 2.11. The van der Waals surface area contributed by atoms with Gasteiger partial charge in [0.25, 0.3) is 0 Å². The molecule has 2 rings (SSSR count). The number of hydrogen-bond donors (Lipinski definition) is 0. The minimum atomic E-state index is 0.175. The largest absolute Gasteiger partial charge is 0.293 e. The molecule has 4 heteroatoms. The lowest BCUT2D eigenvalue weighted by molar-refractivity contribution is 0.102. The molecule has 0 amide bonds. The molecular weight excluding hydrogens is 262 g/mol. The molecule has 0 saturated carbocycles. The van der Waals surface area contributed by atoms with Crippen molar-refractivity contribution in [1.29, 1.82) is 0 Å². The summed E-state index contributed by atoms with van der Waals surface area (Å²) in [4.78, 5) is 16.5. The molecule has 1 aromatic carbocycles. The van der Waals surface area contributed by atoms with Crippen LogP contribution in [0.15, 0.2) is 27.9 Å². The van der Waals surface area contributed by atoms with Crippen LogP contribution in [0, 0.1) is 20.8 Å². The van der Waals surface area contributed by atoms with Gasteiger partial charge in [-0.25, -0.2) is 4.98 Å². The third-order valence-corrected chi connectivity index (χ3v) is 4.76. The van der Waals surface area contributed by atoms with E-state index in [9.17, 15) is 4.79 Å². The summed E-state index contributed by atoms with van der Waals surface area (Å²) in [5, 5.41) is 2.00. The maximum Gasteiger partial charge on any atom is 0.173 e. The number of carbonyl (C=O) groups excluding carboxylic acids is 1. The van der Waals surface area contributed by atoms with Gasteiger partial charge in [0.1, 0.15) is 0 Å². The zero-order valence-electron chi connectivity index (χ0n) is 10.7. The van der Waals surface area contributed by atoms with Crippen LogP contribution in [-0.4, -0.2) is 16.5 Å². The molecule has 1 aromatic heterocycles. The fraction of sp³-hybridized carbons (Fsp3) is 0.286. The first-order valence-electron chi connectivity index (χ1n) is 5.71. The molecule has 0 spiro atoms. The first kappa shape index (κ1) is 13.3. The lowest BCUT2D eigenvalue weighted by atomic mass is 10.0. The van der Waals surface area contributed by atoms with E-state index in [-0.39, 0.29) is 5.78 Å². The maximum absolute atomic E-state index is 12.2. The number of thiazole rings is 1. The van der Waals surface area contributed by atoms with Gasteiger partial charge in [-0.3, -0.25) is 4.79 Å². The van der Waals surface area contributed by atoms with Gasteiger partial charge in [-0.2, -0.15) is 0 Å². The van der Waals surface area contributed by atoms with E-state index in [0.29, 0.717) is 5.75 Å². The number of aromatic nitrogens is 1. The molecule has 0 N–H and O–H groups in total. The summed E-state index contributed by atoms with van der Waals surface area (Å²) in [6.07, 6.45) is 0. The van der Waals surface area contributed by atoms with Crippen LogP contribution < -0.4 is 0 Å². The zero-order chi connectivity index (χ0) is 13.1. The molecule has 2 nitrogen and oxygen atoms in total. The smallest absolute Gasteiger partial charge is 0.173 e. The average molecular weight is 277 g/mol. The standard InChI is InChI=1S/C14H15NOS2/c1-9-4-5-10(2)12(6-9)13(16)8-18-14-15-11(3)7-17-14/h4-7H,8H2,1-3H3. The van der Waals surface area contributed by atoms with E-state index in [1.54, 1.807) is 11.3 Å². The summed E-state index contributed by atoms with van der Waals surface area (Å²) in [7, 11) is 0. The predicted molar refractivity (Wildman–Crippen MR) is 77.8 cm³/mol. The Labute approximate surface area is 115 Å². The summed E-state index contributed by atoms with van der Waals surface area (Å²) in [6.45, 7) is 5.95. The number of nitrogens with zero attached hydrogens (tertiary/aromatic N) is 1. The minimum absolute atomic E-state index is 0.175. The molecule has 0 bridgehead atoms. The first-order valence-corrected chi connectivity index (χ1v) is 7.58. The third-order valence-electron chi connectivity index (χ3n) is 2.62. The normalized spacial score (nSPS) is 10.6. The van der Waals surface area contributed by atoms with Crippen LogP contribution in [0.1, 0.15) is 27.2 Å². The molecule has 0 fully saturated rings. The Morgan fingerprint density at radius 3 is 2.78 bits per heavy atom. The monoisotopic (exact) mass is 277 g/mol. The Kier molecular flexibility index (Phi) is 4.19. The van der Waals surface area contributed by atoms with Crippen LogP contribution in [0.5, 0.6) is 0 Å². The van der Waals surface area contributed by atoms with Crippen LogP contribution in [0.4, 0.5) is 0 Å². The molecule has 0 unspecified atom stereocenters. The number of thioether (sulfide) groups is 1. The SMILES string of the molecule is Cc1ccc(C)c(C(=O)CSc2nc(C)cs2)c1. The van der Waals surface area contributed by atoms with Gasteiger partial charge in [0, 0.05) is 16.6 Å². The van der Waals surface area contributed by atoms with Crippen molar-refractivity contribution < 1.29 is 4.79 Å². The Bertz CT molecular complexity index is 575. The molecule has 0 atom stereocenters. The molecule has 1 heterocycles. The number of ketones is 1. The van der Waals surface area contributed by atoms with E-state index in [4.69, 9.17) is 0 Å². The van der Waals surface area contributed by atoms with E-state index >= 15 is 0 Å². The number of Topliss-reactive ketones (excluding diaryl/α,β-unsaturated/α-hetero) is 1. The van der Waals surface area contributed by atoms with Crippen LogP contribution in [0.25, 0.3) is 0 Å². The van der Waals surface area contributed by atoms with Gasteiger partial charge in [-0.05, 0) is 32.4 Å². The summed E-state index contributed by atoms with van der Waals surface area (Å²) < 4.78 is 0.964. The van der Waals surface area contributed by atoms with Crippen LogP contribution in [-0.2, 0) is 0 Å². The topological polar surface area (TPSA) is 30.0 Å². The lowest BCUT2D eigenvalue weighted by Gasteiger charge is -2.05. The predicted octanol–water partition coefficient (Wildman–Crippen LogP) is 4.04. The summed E-state index contributed by atoms with van der Waals surface area (Å²) in [5.74, 6) is 0.631. The second-order valence-electron chi connectivity index (χ2n) is 4.29. The van der Waals surface area contributed by atoms with Gasteiger partial charge in [0.2, 0.25) is 0 Å². The maximum atomic E-state index is 12.2. The highest BCUT2D eigenvalue weighted by molar-refractivity contribution is 8.01. The van der Waals surface area contributed by atoms with Crippen LogP contribution in [0.3, 0.4) is 0 Å². The van der Waals surface area contributed by atoms with Crippen LogP contribution >= 0.6 is 23.1 Å². The number of benzene rings is 1. The van der Waals surface area contributed by atoms with Crippen molar-refractivity contribution in [3.8, 4) is 0 Å². The second kappa shape index (κ2) is 5.67. The molecule has 0 radical (unpaired) electrons. The van der Waals surface area contributed by atoms with Gasteiger partial charge in [-0.15, -0.1) is 11.3 Å². The Morgan fingerprint density at radius 2 is 2.11 bits per heavy atom. The molecule has 0 aliphatic rings. The number of aryl methyl sites for hydroxylation is 3. The van der Waals surface area contributed by atoms with Crippen molar-refractivity contribution in [2.45, 2.75) is 25.1 Å². The van der Waals surface area contributed by atoms with E-state index in [1.807, 2.05) is 44.4 Å². The van der Waals surface area contributed by atoms with Gasteiger partial charge < -0.3 is 0 Å². The van der Waals surface area contributed by atoms with Crippen molar-refractivity contribution in [3.63, 3.8) is 0 Å². The zero-order valence-corrected chi connectivity index (χ0v) is 12.3. The fourth-order valence-electron chi connectivity index (χ4n) is 1.64. The van der Waals surface area contributed by atoms with Crippen LogP contribution in [0.2, 0.25) is 0 Å². The van der Waals surface area contributed by atoms with E-state index < -0.39 is 0 Å². The van der Waals surface area contributed by atoms with E-state index in [2.05, 4.69) is 4.98 Å². The van der Waals surface area contributed by atoms with Gasteiger partial charge in [-0.1, -0.05) is 29.5 Å². The van der Waals surface area contributed by atoms with E-state index in [1.165, 1.54) is 11.8 Å². The molecule has 2 aromatic rings. The van der Waals surface area contributed by atoms with Crippen molar-refractivity contribution >= 4 is 28.9 Å². The quantitative estimate of drug-likeness (QED) is 0.624.